The van der Waals surface area contributed by atoms with Crippen molar-refractivity contribution in [2.45, 2.75) is 0 Å². The van der Waals surface area contributed by atoms with E-state index in [1.807, 2.05) is 0 Å². The van der Waals surface area contributed by atoms with Crippen LogP contribution in [-0.2, 0) is 10.0 Å². The number of nitrogens with zero attached hydrogens (tertiary/aromatic N) is 1. The van der Waals surface area contributed by atoms with Crippen molar-refractivity contribution in [3.8, 4) is 0 Å². The Bertz CT molecular complexity index is 516. The van der Waals surface area contributed by atoms with Gasteiger partial charge in [0.15, 0.2) is 0 Å². The molecule has 1 aromatic rings. The lowest BCUT2D eigenvalue weighted by Gasteiger charge is -2.06. The fourth-order valence-corrected chi connectivity index (χ4v) is 1.77. The molecule has 3 N–H and O–H groups in total. The van der Waals surface area contributed by atoms with Crippen molar-refractivity contribution in [3.05, 3.63) is 23.9 Å². The van der Waals surface area contributed by atoms with Crippen molar-refractivity contribution in [1.82, 2.24) is 15.0 Å². The van der Waals surface area contributed by atoms with E-state index in [9.17, 15) is 13.2 Å². The van der Waals surface area contributed by atoms with Crippen LogP contribution in [0, 0.1) is 0 Å². The van der Waals surface area contributed by atoms with Crippen molar-refractivity contribution in [2.75, 3.05) is 31.7 Å². The molecule has 0 aliphatic rings. The molecular weight excluding hydrogens is 256 g/mol. The number of amides is 1. The van der Waals surface area contributed by atoms with Gasteiger partial charge in [-0.05, 0) is 19.2 Å². The normalized spacial score (nSPS) is 11.0. The van der Waals surface area contributed by atoms with E-state index in [1.54, 1.807) is 25.2 Å². The zero-order valence-corrected chi connectivity index (χ0v) is 11.0. The van der Waals surface area contributed by atoms with E-state index in [1.165, 1.54) is 7.05 Å². The molecule has 0 bridgehead atoms. The molecule has 0 aliphatic heterocycles. The van der Waals surface area contributed by atoms with Crippen molar-refractivity contribution in [3.63, 3.8) is 0 Å². The predicted octanol–water partition coefficient (Wildman–Crippen LogP) is -0.598. The Kier molecular flexibility index (Phi) is 5.05. The van der Waals surface area contributed by atoms with Crippen LogP contribution in [0.5, 0.6) is 0 Å². The SMILES string of the molecule is CNc1cccc(C(=O)NCCS(=O)(=O)NC)n1. The van der Waals surface area contributed by atoms with E-state index >= 15 is 0 Å². The number of carbonyl (C=O) groups excluding carboxylic acids is 1. The summed E-state index contributed by atoms with van der Waals surface area (Å²) in [5.41, 5.74) is 0.240. The Morgan fingerprint density at radius 2 is 2.06 bits per heavy atom. The number of carbonyl (C=O) groups is 1. The standard InChI is InChI=1S/C10H16N4O3S/c1-11-9-5-3-4-8(14-9)10(15)13-6-7-18(16,17)12-2/h3-5,12H,6-7H2,1-2H3,(H,11,14)(H,13,15). The van der Waals surface area contributed by atoms with Gasteiger partial charge in [-0.25, -0.2) is 18.1 Å². The first-order valence-electron chi connectivity index (χ1n) is 5.33. The highest BCUT2D eigenvalue weighted by atomic mass is 32.2. The molecule has 0 atom stereocenters. The lowest BCUT2D eigenvalue weighted by Crippen LogP contribution is -2.33. The molecule has 0 aliphatic carbocycles. The second-order valence-electron chi connectivity index (χ2n) is 3.44. The first kappa shape index (κ1) is 14.4. The first-order valence-corrected chi connectivity index (χ1v) is 6.98. The van der Waals surface area contributed by atoms with Crippen LogP contribution < -0.4 is 15.4 Å². The van der Waals surface area contributed by atoms with Gasteiger partial charge in [-0.2, -0.15) is 0 Å². The van der Waals surface area contributed by atoms with Gasteiger partial charge in [0.25, 0.3) is 5.91 Å². The monoisotopic (exact) mass is 272 g/mol. The van der Waals surface area contributed by atoms with Crippen molar-refractivity contribution < 1.29 is 13.2 Å². The van der Waals surface area contributed by atoms with Crippen LogP contribution in [0.15, 0.2) is 18.2 Å². The fraction of sp³-hybridized carbons (Fsp3) is 0.400. The van der Waals surface area contributed by atoms with Crippen LogP contribution >= 0.6 is 0 Å². The summed E-state index contributed by atoms with van der Waals surface area (Å²) in [4.78, 5) is 15.7. The minimum atomic E-state index is -3.31. The van der Waals surface area contributed by atoms with Gasteiger partial charge in [0, 0.05) is 13.6 Å². The van der Waals surface area contributed by atoms with Gasteiger partial charge in [0.2, 0.25) is 10.0 Å². The second-order valence-corrected chi connectivity index (χ2v) is 5.48. The minimum absolute atomic E-state index is 0.0352. The maximum atomic E-state index is 11.7. The number of anilines is 1. The molecule has 1 amide bonds. The molecular formula is C10H16N4O3S. The number of hydrogen-bond acceptors (Lipinski definition) is 5. The highest BCUT2D eigenvalue weighted by Crippen LogP contribution is 2.03. The largest absolute Gasteiger partial charge is 0.373 e. The van der Waals surface area contributed by atoms with E-state index in [2.05, 4.69) is 20.3 Å². The first-order chi connectivity index (χ1) is 8.48. The molecule has 0 radical (unpaired) electrons. The summed E-state index contributed by atoms with van der Waals surface area (Å²) >= 11 is 0. The quantitative estimate of drug-likeness (QED) is 0.642. The number of aromatic nitrogens is 1. The molecule has 0 spiro atoms. The summed E-state index contributed by atoms with van der Waals surface area (Å²) in [5, 5.41) is 5.31. The average Bonchev–Trinajstić information content (AvgIpc) is 2.38. The molecule has 1 heterocycles. The molecule has 100 valence electrons. The predicted molar refractivity (Wildman–Crippen MR) is 69.0 cm³/mol. The Balaban J connectivity index is 2.55. The van der Waals surface area contributed by atoms with Gasteiger partial charge in [0.05, 0.1) is 5.75 Å². The van der Waals surface area contributed by atoms with Crippen molar-refractivity contribution in [2.24, 2.45) is 0 Å². The van der Waals surface area contributed by atoms with Gasteiger partial charge in [0.1, 0.15) is 11.5 Å². The molecule has 0 aromatic carbocycles. The maximum absolute atomic E-state index is 11.7. The summed E-state index contributed by atoms with van der Waals surface area (Å²) in [5.74, 6) is 0.00456. The van der Waals surface area contributed by atoms with Crippen molar-refractivity contribution >= 4 is 21.7 Å². The van der Waals surface area contributed by atoms with E-state index in [0.717, 1.165) is 0 Å². The summed E-state index contributed by atoms with van der Waals surface area (Å²) in [6.07, 6.45) is 0. The molecule has 1 aromatic heterocycles. The van der Waals surface area contributed by atoms with E-state index in [0.29, 0.717) is 5.82 Å². The molecule has 7 nitrogen and oxygen atoms in total. The van der Waals surface area contributed by atoms with Crippen LogP contribution in [0.4, 0.5) is 5.82 Å². The molecule has 0 unspecified atom stereocenters. The van der Waals surface area contributed by atoms with Gasteiger partial charge in [-0.15, -0.1) is 0 Å². The third-order valence-electron chi connectivity index (χ3n) is 2.21. The maximum Gasteiger partial charge on any atom is 0.269 e. The Morgan fingerprint density at radius 3 is 2.67 bits per heavy atom. The lowest BCUT2D eigenvalue weighted by atomic mass is 10.3. The molecule has 8 heteroatoms. The van der Waals surface area contributed by atoms with Crippen LogP contribution in [0.2, 0.25) is 0 Å². The average molecular weight is 272 g/mol. The van der Waals surface area contributed by atoms with Crippen LogP contribution in [0.25, 0.3) is 0 Å². The highest BCUT2D eigenvalue weighted by Gasteiger charge is 2.10. The van der Waals surface area contributed by atoms with E-state index in [4.69, 9.17) is 0 Å². The van der Waals surface area contributed by atoms with E-state index < -0.39 is 15.9 Å². The van der Waals surface area contributed by atoms with Crippen LogP contribution in [-0.4, -0.2) is 45.7 Å². The van der Waals surface area contributed by atoms with Gasteiger partial charge < -0.3 is 10.6 Å². The third kappa shape index (κ3) is 4.30. The van der Waals surface area contributed by atoms with Crippen LogP contribution in [0.3, 0.4) is 0 Å². The highest BCUT2D eigenvalue weighted by molar-refractivity contribution is 7.89. The minimum Gasteiger partial charge on any atom is -0.373 e. The number of sulfonamides is 1. The van der Waals surface area contributed by atoms with Gasteiger partial charge in [-0.1, -0.05) is 6.07 Å². The fourth-order valence-electron chi connectivity index (χ4n) is 1.19. The molecule has 0 saturated carbocycles. The van der Waals surface area contributed by atoms with E-state index in [-0.39, 0.29) is 18.0 Å². The molecule has 1 rings (SSSR count). The molecule has 0 fully saturated rings. The third-order valence-corrected chi connectivity index (χ3v) is 3.57. The Morgan fingerprint density at radius 1 is 1.33 bits per heavy atom. The smallest absolute Gasteiger partial charge is 0.269 e. The number of pyridine rings is 1. The zero-order valence-electron chi connectivity index (χ0n) is 10.2. The summed E-state index contributed by atoms with van der Waals surface area (Å²) in [6.45, 7) is 0.0352. The number of rotatable bonds is 6. The number of nitrogens with one attached hydrogen (secondary N) is 3. The summed E-state index contributed by atoms with van der Waals surface area (Å²) in [7, 11) is -0.281. The molecule has 18 heavy (non-hydrogen) atoms. The summed E-state index contributed by atoms with van der Waals surface area (Å²) < 4.78 is 24.4. The zero-order chi connectivity index (χ0) is 13.6. The number of hydrogen-bond donors (Lipinski definition) is 3. The second kappa shape index (κ2) is 6.31. The van der Waals surface area contributed by atoms with Gasteiger partial charge >= 0.3 is 0 Å². The Hall–Kier alpha value is -1.67. The van der Waals surface area contributed by atoms with Crippen LogP contribution in [0.1, 0.15) is 10.5 Å². The summed E-state index contributed by atoms with van der Waals surface area (Å²) in [6, 6.07) is 4.98. The van der Waals surface area contributed by atoms with Gasteiger partial charge in [-0.3, -0.25) is 4.79 Å². The lowest BCUT2D eigenvalue weighted by molar-refractivity contribution is 0.0951. The van der Waals surface area contributed by atoms with Crippen molar-refractivity contribution in [1.29, 1.82) is 0 Å². The molecule has 0 saturated heterocycles. The topological polar surface area (TPSA) is 100 Å². The Labute approximate surface area is 106 Å².